The van der Waals surface area contributed by atoms with Crippen LogP contribution in [-0.4, -0.2) is 16.0 Å². The van der Waals surface area contributed by atoms with E-state index in [0.29, 0.717) is 22.1 Å². The Kier molecular flexibility index (Phi) is 3.87. The van der Waals surface area contributed by atoms with Gasteiger partial charge in [0, 0.05) is 11.3 Å². The molecule has 0 spiro atoms. The zero-order valence-corrected chi connectivity index (χ0v) is 10.9. The zero-order chi connectivity index (χ0) is 13.8. The summed E-state index contributed by atoms with van der Waals surface area (Å²) in [5, 5.41) is 11.9. The molecule has 1 aromatic heterocycles. The van der Waals surface area contributed by atoms with E-state index in [9.17, 15) is 0 Å². The zero-order valence-electron chi connectivity index (χ0n) is 10.2. The smallest absolute Gasteiger partial charge is 0.170 e. The van der Waals surface area contributed by atoms with Crippen molar-refractivity contribution in [2.75, 3.05) is 0 Å². The highest BCUT2D eigenvalue weighted by atomic mass is 35.5. The number of hydrogen-bond donors (Lipinski definition) is 2. The summed E-state index contributed by atoms with van der Waals surface area (Å²) in [4.78, 5) is 4.12. The summed E-state index contributed by atoms with van der Waals surface area (Å²) < 4.78 is 5.59. The number of oxime groups is 1. The van der Waals surface area contributed by atoms with Gasteiger partial charge in [-0.3, -0.25) is 4.98 Å². The molecule has 0 saturated heterocycles. The predicted octanol–water partition coefficient (Wildman–Crippen LogP) is 2.93. The molecule has 6 heteroatoms. The van der Waals surface area contributed by atoms with Gasteiger partial charge in [0.25, 0.3) is 0 Å². The lowest BCUT2D eigenvalue weighted by Crippen LogP contribution is -2.12. The third kappa shape index (κ3) is 3.14. The molecule has 0 saturated carbocycles. The Balaban J connectivity index is 2.24. The van der Waals surface area contributed by atoms with Crippen LogP contribution < -0.4 is 10.5 Å². The molecule has 1 heterocycles. The number of nitrogens with two attached hydrogens (primary N) is 1. The number of halogens is 1. The summed E-state index contributed by atoms with van der Waals surface area (Å²) in [5.74, 6) is 1.05. The average molecular weight is 278 g/mol. The highest BCUT2D eigenvalue weighted by Crippen LogP contribution is 2.29. The SMILES string of the molecule is Cc1ccc(Oc2ccc(C(N)=NO)cc2Cl)cn1. The maximum Gasteiger partial charge on any atom is 0.170 e. The molecular formula is C13H12ClN3O2. The molecule has 2 rings (SSSR count). The summed E-state index contributed by atoms with van der Waals surface area (Å²) in [6, 6.07) is 8.51. The molecule has 98 valence electrons. The van der Waals surface area contributed by atoms with Crippen molar-refractivity contribution in [1.82, 2.24) is 4.98 Å². The van der Waals surface area contributed by atoms with Crippen molar-refractivity contribution >= 4 is 17.4 Å². The van der Waals surface area contributed by atoms with Gasteiger partial charge in [-0.05, 0) is 37.3 Å². The maximum absolute atomic E-state index is 8.59. The average Bonchev–Trinajstić information content (AvgIpc) is 2.42. The van der Waals surface area contributed by atoms with E-state index in [1.54, 1.807) is 30.5 Å². The van der Waals surface area contributed by atoms with Gasteiger partial charge in [-0.15, -0.1) is 0 Å². The fourth-order valence-corrected chi connectivity index (χ4v) is 1.66. The van der Waals surface area contributed by atoms with Gasteiger partial charge in [-0.2, -0.15) is 0 Å². The number of rotatable bonds is 3. The Labute approximate surface area is 115 Å². The van der Waals surface area contributed by atoms with Gasteiger partial charge in [0.05, 0.1) is 11.2 Å². The van der Waals surface area contributed by atoms with Gasteiger partial charge >= 0.3 is 0 Å². The molecule has 3 N–H and O–H groups in total. The summed E-state index contributed by atoms with van der Waals surface area (Å²) >= 11 is 6.07. The molecule has 0 fully saturated rings. The van der Waals surface area contributed by atoms with Gasteiger partial charge in [0.15, 0.2) is 5.84 Å². The number of ether oxygens (including phenoxy) is 1. The largest absolute Gasteiger partial charge is 0.454 e. The first-order chi connectivity index (χ1) is 9.10. The van der Waals surface area contributed by atoms with Crippen LogP contribution in [0.2, 0.25) is 5.02 Å². The van der Waals surface area contributed by atoms with Crippen LogP contribution in [0, 0.1) is 6.92 Å². The first-order valence-corrected chi connectivity index (χ1v) is 5.86. The molecule has 0 bridgehead atoms. The fourth-order valence-electron chi connectivity index (χ4n) is 1.44. The summed E-state index contributed by atoms with van der Waals surface area (Å²) in [6.07, 6.45) is 1.61. The van der Waals surface area contributed by atoms with Gasteiger partial charge in [-0.1, -0.05) is 16.8 Å². The van der Waals surface area contributed by atoms with Crippen LogP contribution in [-0.2, 0) is 0 Å². The number of hydrogen-bond acceptors (Lipinski definition) is 4. The molecule has 5 nitrogen and oxygen atoms in total. The van der Waals surface area contributed by atoms with E-state index < -0.39 is 0 Å². The minimum Gasteiger partial charge on any atom is -0.454 e. The number of aryl methyl sites for hydroxylation is 1. The molecule has 0 aliphatic carbocycles. The van der Waals surface area contributed by atoms with E-state index in [1.165, 1.54) is 0 Å². The van der Waals surface area contributed by atoms with Crippen molar-refractivity contribution < 1.29 is 9.94 Å². The monoisotopic (exact) mass is 277 g/mol. The lowest BCUT2D eigenvalue weighted by molar-refractivity contribution is 0.318. The third-order valence-corrected chi connectivity index (χ3v) is 2.74. The molecule has 19 heavy (non-hydrogen) atoms. The van der Waals surface area contributed by atoms with E-state index in [4.69, 9.17) is 27.3 Å². The number of nitrogens with zero attached hydrogens (tertiary/aromatic N) is 2. The first kappa shape index (κ1) is 13.2. The van der Waals surface area contributed by atoms with E-state index in [1.807, 2.05) is 13.0 Å². The lowest BCUT2D eigenvalue weighted by atomic mass is 10.2. The van der Waals surface area contributed by atoms with Crippen molar-refractivity contribution in [3.8, 4) is 11.5 Å². The van der Waals surface area contributed by atoms with Crippen molar-refractivity contribution in [3.05, 3.63) is 52.8 Å². The van der Waals surface area contributed by atoms with E-state index in [0.717, 1.165) is 5.69 Å². The molecular weight excluding hydrogens is 266 g/mol. The van der Waals surface area contributed by atoms with Crippen molar-refractivity contribution in [2.45, 2.75) is 6.92 Å². The highest BCUT2D eigenvalue weighted by molar-refractivity contribution is 6.32. The Bertz CT molecular complexity index is 612. The van der Waals surface area contributed by atoms with Crippen LogP contribution in [0.3, 0.4) is 0 Å². The van der Waals surface area contributed by atoms with Crippen LogP contribution in [0.15, 0.2) is 41.7 Å². The highest BCUT2D eigenvalue weighted by Gasteiger charge is 2.07. The number of amidine groups is 1. The molecule has 0 unspecified atom stereocenters. The second-order valence-electron chi connectivity index (χ2n) is 3.87. The molecule has 0 aliphatic heterocycles. The molecule has 0 radical (unpaired) electrons. The second kappa shape index (κ2) is 5.58. The molecule has 2 aromatic rings. The standard InChI is InChI=1S/C13H12ClN3O2/c1-8-2-4-10(7-16-8)19-12-5-3-9(6-11(12)14)13(15)17-18/h2-7,18H,1H3,(H2,15,17). The van der Waals surface area contributed by atoms with Gasteiger partial charge in [0.2, 0.25) is 0 Å². The second-order valence-corrected chi connectivity index (χ2v) is 4.27. The fraction of sp³-hybridized carbons (Fsp3) is 0.0769. The summed E-state index contributed by atoms with van der Waals surface area (Å²) in [6.45, 7) is 1.89. The third-order valence-electron chi connectivity index (χ3n) is 2.45. The van der Waals surface area contributed by atoms with Crippen LogP contribution in [0.1, 0.15) is 11.3 Å². The maximum atomic E-state index is 8.59. The van der Waals surface area contributed by atoms with Gasteiger partial charge in [-0.25, -0.2) is 0 Å². The minimum absolute atomic E-state index is 0.00884. The number of benzene rings is 1. The molecule has 0 aliphatic rings. The first-order valence-electron chi connectivity index (χ1n) is 5.48. The summed E-state index contributed by atoms with van der Waals surface area (Å²) in [5.41, 5.74) is 6.89. The van der Waals surface area contributed by atoms with Crippen LogP contribution in [0.5, 0.6) is 11.5 Å². The van der Waals surface area contributed by atoms with Crippen molar-refractivity contribution in [2.24, 2.45) is 10.9 Å². The van der Waals surface area contributed by atoms with Crippen LogP contribution in [0.25, 0.3) is 0 Å². The summed E-state index contributed by atoms with van der Waals surface area (Å²) in [7, 11) is 0. The minimum atomic E-state index is -0.00884. The molecule has 0 atom stereocenters. The quantitative estimate of drug-likeness (QED) is 0.391. The van der Waals surface area contributed by atoms with E-state index >= 15 is 0 Å². The van der Waals surface area contributed by atoms with Crippen molar-refractivity contribution in [3.63, 3.8) is 0 Å². The Morgan fingerprint density at radius 3 is 2.74 bits per heavy atom. The van der Waals surface area contributed by atoms with Gasteiger partial charge in [0.1, 0.15) is 11.5 Å². The Morgan fingerprint density at radius 1 is 1.37 bits per heavy atom. The molecule has 1 aromatic carbocycles. The van der Waals surface area contributed by atoms with Crippen LogP contribution in [0.4, 0.5) is 0 Å². The topological polar surface area (TPSA) is 80.7 Å². The Morgan fingerprint density at radius 2 is 2.16 bits per heavy atom. The van der Waals surface area contributed by atoms with Gasteiger partial charge < -0.3 is 15.7 Å². The Hall–Kier alpha value is -2.27. The molecule has 0 amide bonds. The predicted molar refractivity (Wildman–Crippen MR) is 73.0 cm³/mol. The van der Waals surface area contributed by atoms with Crippen LogP contribution >= 0.6 is 11.6 Å². The lowest BCUT2D eigenvalue weighted by Gasteiger charge is -2.08. The number of aromatic nitrogens is 1. The van der Waals surface area contributed by atoms with E-state index in [-0.39, 0.29) is 5.84 Å². The number of pyridine rings is 1. The van der Waals surface area contributed by atoms with Crippen molar-refractivity contribution in [1.29, 1.82) is 0 Å². The van der Waals surface area contributed by atoms with E-state index in [2.05, 4.69) is 10.1 Å². The normalized spacial score (nSPS) is 11.4.